The van der Waals surface area contributed by atoms with Crippen molar-refractivity contribution in [3.8, 4) is 0 Å². The number of thiophene rings is 1. The SMILES string of the molecule is CCC(N)C(c1cc(Br)cs1)N(CC)CC. The second-order valence-corrected chi connectivity index (χ2v) is 5.76. The van der Waals surface area contributed by atoms with Gasteiger partial charge in [0.05, 0.1) is 6.04 Å². The summed E-state index contributed by atoms with van der Waals surface area (Å²) in [7, 11) is 0. The van der Waals surface area contributed by atoms with E-state index in [0.29, 0.717) is 6.04 Å². The molecule has 2 atom stereocenters. The van der Waals surface area contributed by atoms with Gasteiger partial charge in [0.1, 0.15) is 0 Å². The molecule has 1 aromatic rings. The van der Waals surface area contributed by atoms with Crippen LogP contribution in [0.3, 0.4) is 0 Å². The van der Waals surface area contributed by atoms with Gasteiger partial charge in [-0.05, 0) is 41.5 Å². The third-order valence-electron chi connectivity index (χ3n) is 2.96. The lowest BCUT2D eigenvalue weighted by molar-refractivity contribution is 0.190. The van der Waals surface area contributed by atoms with Gasteiger partial charge in [0, 0.05) is 20.8 Å². The van der Waals surface area contributed by atoms with E-state index in [1.807, 2.05) is 0 Å². The van der Waals surface area contributed by atoms with Gasteiger partial charge in [-0.3, -0.25) is 4.90 Å². The molecule has 0 aliphatic carbocycles. The summed E-state index contributed by atoms with van der Waals surface area (Å²) in [5.41, 5.74) is 6.26. The number of hydrogen-bond acceptors (Lipinski definition) is 3. The van der Waals surface area contributed by atoms with E-state index in [2.05, 4.69) is 53.0 Å². The molecule has 0 radical (unpaired) electrons. The van der Waals surface area contributed by atoms with Gasteiger partial charge in [0.15, 0.2) is 0 Å². The van der Waals surface area contributed by atoms with Gasteiger partial charge in [-0.25, -0.2) is 0 Å². The average molecular weight is 305 g/mol. The van der Waals surface area contributed by atoms with Crippen molar-refractivity contribution in [1.29, 1.82) is 0 Å². The fourth-order valence-electron chi connectivity index (χ4n) is 1.99. The summed E-state index contributed by atoms with van der Waals surface area (Å²) < 4.78 is 1.16. The van der Waals surface area contributed by atoms with Crippen LogP contribution in [0, 0.1) is 0 Å². The maximum absolute atomic E-state index is 6.26. The standard InChI is InChI=1S/C12H21BrN2S/c1-4-10(14)12(15(5-2)6-3)11-7-9(13)8-16-11/h7-8,10,12H,4-6,14H2,1-3H3. The van der Waals surface area contributed by atoms with E-state index in [4.69, 9.17) is 5.73 Å². The Bertz CT molecular complexity index is 310. The van der Waals surface area contributed by atoms with Crippen molar-refractivity contribution in [1.82, 2.24) is 4.90 Å². The Balaban J connectivity index is 2.94. The summed E-state index contributed by atoms with van der Waals surface area (Å²) in [6, 6.07) is 2.77. The molecule has 92 valence electrons. The minimum absolute atomic E-state index is 0.213. The first-order valence-electron chi connectivity index (χ1n) is 5.87. The molecule has 0 aliphatic rings. The van der Waals surface area contributed by atoms with Crippen LogP contribution in [0.1, 0.15) is 38.1 Å². The van der Waals surface area contributed by atoms with Gasteiger partial charge in [0.25, 0.3) is 0 Å². The Labute approximate surface area is 111 Å². The highest BCUT2D eigenvalue weighted by atomic mass is 79.9. The first kappa shape index (κ1) is 14.2. The first-order chi connectivity index (χ1) is 7.63. The highest BCUT2D eigenvalue weighted by molar-refractivity contribution is 9.10. The summed E-state index contributed by atoms with van der Waals surface area (Å²) in [4.78, 5) is 3.80. The van der Waals surface area contributed by atoms with Crippen LogP contribution in [0.15, 0.2) is 15.9 Å². The normalized spacial score (nSPS) is 15.4. The molecular weight excluding hydrogens is 284 g/mol. The lowest BCUT2D eigenvalue weighted by Gasteiger charge is -2.33. The van der Waals surface area contributed by atoms with Gasteiger partial charge < -0.3 is 5.73 Å². The lowest BCUT2D eigenvalue weighted by atomic mass is 10.0. The van der Waals surface area contributed by atoms with Crippen molar-refractivity contribution in [2.45, 2.75) is 39.3 Å². The molecule has 0 saturated carbocycles. The topological polar surface area (TPSA) is 29.3 Å². The van der Waals surface area contributed by atoms with E-state index in [0.717, 1.165) is 24.0 Å². The highest BCUT2D eigenvalue weighted by Gasteiger charge is 2.24. The van der Waals surface area contributed by atoms with E-state index in [-0.39, 0.29) is 6.04 Å². The minimum Gasteiger partial charge on any atom is -0.326 e. The van der Waals surface area contributed by atoms with Gasteiger partial charge in [0.2, 0.25) is 0 Å². The Hall–Kier alpha value is 0.1000. The molecule has 1 aromatic heterocycles. The number of rotatable bonds is 6. The zero-order valence-electron chi connectivity index (χ0n) is 10.2. The van der Waals surface area contributed by atoms with E-state index in [1.165, 1.54) is 4.88 Å². The molecule has 2 nitrogen and oxygen atoms in total. The molecule has 0 aromatic carbocycles. The maximum Gasteiger partial charge on any atom is 0.0593 e. The van der Waals surface area contributed by atoms with Crippen LogP contribution in [0.4, 0.5) is 0 Å². The van der Waals surface area contributed by atoms with Gasteiger partial charge in [-0.15, -0.1) is 11.3 Å². The molecule has 0 fully saturated rings. The quantitative estimate of drug-likeness (QED) is 0.869. The monoisotopic (exact) mass is 304 g/mol. The second-order valence-electron chi connectivity index (χ2n) is 3.91. The maximum atomic E-state index is 6.26. The van der Waals surface area contributed by atoms with Crippen molar-refractivity contribution >= 4 is 27.3 Å². The van der Waals surface area contributed by atoms with E-state index in [1.54, 1.807) is 11.3 Å². The fraction of sp³-hybridized carbons (Fsp3) is 0.667. The Morgan fingerprint density at radius 3 is 2.38 bits per heavy atom. The van der Waals surface area contributed by atoms with Gasteiger partial charge >= 0.3 is 0 Å². The number of halogens is 1. The van der Waals surface area contributed by atoms with Crippen LogP contribution in [-0.2, 0) is 0 Å². The molecule has 2 N–H and O–H groups in total. The number of likely N-dealkylation sites (N-methyl/N-ethyl adjacent to an activating group) is 1. The Morgan fingerprint density at radius 1 is 1.38 bits per heavy atom. The Kier molecular flexibility index (Phi) is 5.97. The van der Waals surface area contributed by atoms with Crippen LogP contribution < -0.4 is 5.73 Å². The zero-order valence-corrected chi connectivity index (χ0v) is 12.6. The molecule has 1 heterocycles. The van der Waals surface area contributed by atoms with E-state index in [9.17, 15) is 0 Å². The van der Waals surface area contributed by atoms with Crippen LogP contribution in [-0.4, -0.2) is 24.0 Å². The van der Waals surface area contributed by atoms with Crippen LogP contribution in [0.2, 0.25) is 0 Å². The largest absolute Gasteiger partial charge is 0.326 e. The van der Waals surface area contributed by atoms with Gasteiger partial charge in [-0.2, -0.15) is 0 Å². The van der Waals surface area contributed by atoms with Crippen LogP contribution in [0.25, 0.3) is 0 Å². The summed E-state index contributed by atoms with van der Waals surface area (Å²) >= 11 is 5.31. The van der Waals surface area contributed by atoms with Crippen LogP contribution >= 0.6 is 27.3 Å². The smallest absolute Gasteiger partial charge is 0.0593 e. The third-order valence-corrected chi connectivity index (χ3v) is 4.73. The summed E-state index contributed by atoms with van der Waals surface area (Å²) in [5.74, 6) is 0. The van der Waals surface area contributed by atoms with Crippen molar-refractivity contribution < 1.29 is 0 Å². The highest BCUT2D eigenvalue weighted by Crippen LogP contribution is 2.31. The summed E-state index contributed by atoms with van der Waals surface area (Å²) in [6.07, 6.45) is 1.01. The number of nitrogens with two attached hydrogens (primary N) is 1. The zero-order chi connectivity index (χ0) is 12.1. The minimum atomic E-state index is 0.213. The van der Waals surface area contributed by atoms with Crippen molar-refractivity contribution in [3.63, 3.8) is 0 Å². The molecule has 0 spiro atoms. The lowest BCUT2D eigenvalue weighted by Crippen LogP contribution is -2.40. The first-order valence-corrected chi connectivity index (χ1v) is 7.54. The molecule has 0 saturated heterocycles. The van der Waals surface area contributed by atoms with E-state index >= 15 is 0 Å². The molecule has 4 heteroatoms. The molecule has 0 bridgehead atoms. The third kappa shape index (κ3) is 3.29. The number of nitrogens with zero attached hydrogens (tertiary/aromatic N) is 1. The van der Waals surface area contributed by atoms with E-state index < -0.39 is 0 Å². The van der Waals surface area contributed by atoms with Crippen molar-refractivity contribution in [2.75, 3.05) is 13.1 Å². The predicted molar refractivity (Wildman–Crippen MR) is 75.9 cm³/mol. The van der Waals surface area contributed by atoms with Crippen LogP contribution in [0.5, 0.6) is 0 Å². The van der Waals surface area contributed by atoms with Gasteiger partial charge in [-0.1, -0.05) is 20.8 Å². The predicted octanol–water partition coefficient (Wildman–Crippen LogP) is 3.63. The Morgan fingerprint density at radius 2 is 2.00 bits per heavy atom. The average Bonchev–Trinajstić information content (AvgIpc) is 2.71. The molecule has 16 heavy (non-hydrogen) atoms. The molecule has 1 rings (SSSR count). The molecule has 0 amide bonds. The molecule has 2 unspecified atom stereocenters. The van der Waals surface area contributed by atoms with Crippen molar-refractivity contribution in [3.05, 3.63) is 20.8 Å². The molecular formula is C12H21BrN2S. The van der Waals surface area contributed by atoms with Crippen molar-refractivity contribution in [2.24, 2.45) is 5.73 Å². The second kappa shape index (κ2) is 6.74. The summed E-state index contributed by atoms with van der Waals surface area (Å²) in [6.45, 7) is 8.64. The fourth-order valence-corrected chi connectivity index (χ4v) is 3.64. The molecule has 0 aliphatic heterocycles. The number of hydrogen-bond donors (Lipinski definition) is 1. The summed E-state index contributed by atoms with van der Waals surface area (Å²) in [5, 5.41) is 2.13.